The summed E-state index contributed by atoms with van der Waals surface area (Å²) < 4.78 is 0. The fraction of sp³-hybridized carbons (Fsp3) is 0.174. The molecule has 0 N–H and O–H groups in total. The largest absolute Gasteiger partial charge is 0.269 e. The van der Waals surface area contributed by atoms with Gasteiger partial charge in [0.15, 0.2) is 0 Å². The number of para-hydroxylation sites is 1. The van der Waals surface area contributed by atoms with Gasteiger partial charge in [0, 0.05) is 18.6 Å². The van der Waals surface area contributed by atoms with E-state index in [0.717, 1.165) is 35.4 Å². The number of nitro benzene ring substituents is 1. The van der Waals surface area contributed by atoms with Gasteiger partial charge in [-0.1, -0.05) is 61.5 Å². The highest BCUT2D eigenvalue weighted by Gasteiger charge is 2.30. The van der Waals surface area contributed by atoms with E-state index < -0.39 is 0 Å². The fourth-order valence-corrected chi connectivity index (χ4v) is 3.51. The second-order valence-electron chi connectivity index (χ2n) is 6.85. The predicted molar refractivity (Wildman–Crippen MR) is 112 cm³/mol. The molecule has 0 amide bonds. The van der Waals surface area contributed by atoms with E-state index >= 15 is 0 Å². The summed E-state index contributed by atoms with van der Waals surface area (Å²) in [6.45, 7) is 2.14. The lowest BCUT2D eigenvalue weighted by Crippen LogP contribution is -2.18. The number of non-ortho nitro benzene ring substituents is 1. The van der Waals surface area contributed by atoms with E-state index in [1.54, 1.807) is 12.1 Å². The van der Waals surface area contributed by atoms with Gasteiger partial charge in [0.1, 0.15) is 0 Å². The van der Waals surface area contributed by atoms with Gasteiger partial charge < -0.3 is 0 Å². The van der Waals surface area contributed by atoms with Gasteiger partial charge in [-0.2, -0.15) is 5.10 Å². The number of aryl methyl sites for hydroxylation is 1. The minimum atomic E-state index is -0.370. The third kappa shape index (κ3) is 3.51. The number of hydrogen-bond acceptors (Lipinski definition) is 4. The van der Waals surface area contributed by atoms with Gasteiger partial charge >= 0.3 is 0 Å². The molecule has 1 atom stereocenters. The third-order valence-electron chi connectivity index (χ3n) is 5.12. The van der Waals surface area contributed by atoms with Crippen LogP contribution >= 0.6 is 0 Å². The number of benzene rings is 3. The van der Waals surface area contributed by atoms with Crippen molar-refractivity contribution in [2.45, 2.75) is 25.8 Å². The Hall–Kier alpha value is -3.47. The van der Waals surface area contributed by atoms with Crippen LogP contribution in [-0.2, 0) is 6.42 Å². The van der Waals surface area contributed by atoms with E-state index in [1.165, 1.54) is 5.56 Å². The minimum Gasteiger partial charge on any atom is -0.258 e. The molecule has 140 valence electrons. The van der Waals surface area contributed by atoms with Gasteiger partial charge in [0.2, 0.25) is 0 Å². The van der Waals surface area contributed by atoms with Gasteiger partial charge in [-0.25, -0.2) is 0 Å². The second kappa shape index (κ2) is 7.64. The lowest BCUT2D eigenvalue weighted by Gasteiger charge is -2.23. The van der Waals surface area contributed by atoms with Gasteiger partial charge in [0.05, 0.1) is 22.4 Å². The zero-order valence-corrected chi connectivity index (χ0v) is 15.7. The zero-order valence-electron chi connectivity index (χ0n) is 15.7. The van der Waals surface area contributed by atoms with Crippen molar-refractivity contribution in [1.29, 1.82) is 0 Å². The molecule has 0 bridgehead atoms. The number of nitrogens with zero attached hydrogens (tertiary/aromatic N) is 3. The van der Waals surface area contributed by atoms with Crippen molar-refractivity contribution in [3.8, 4) is 0 Å². The van der Waals surface area contributed by atoms with Crippen molar-refractivity contribution < 1.29 is 4.92 Å². The summed E-state index contributed by atoms with van der Waals surface area (Å²) in [6.07, 6.45) is 1.76. The molecular formula is C23H21N3O2. The Bertz CT molecular complexity index is 996. The number of hydrazone groups is 1. The van der Waals surface area contributed by atoms with Crippen molar-refractivity contribution in [1.82, 2.24) is 0 Å². The number of rotatable bonds is 5. The van der Waals surface area contributed by atoms with E-state index in [9.17, 15) is 10.1 Å². The van der Waals surface area contributed by atoms with Crippen LogP contribution in [0.2, 0.25) is 0 Å². The standard InChI is InChI=1S/C23H21N3O2/c1-2-17-8-10-18(11-9-17)22-16-23(19-12-14-21(15-13-19)26(27)28)25(24-22)20-6-4-3-5-7-20/h3-15,23H,2,16H2,1H3/t23-/m1/s1. The van der Waals surface area contributed by atoms with Crippen LogP contribution in [0.4, 0.5) is 11.4 Å². The molecule has 0 radical (unpaired) electrons. The first-order valence-corrected chi connectivity index (χ1v) is 9.41. The Morgan fingerprint density at radius 2 is 1.68 bits per heavy atom. The summed E-state index contributed by atoms with van der Waals surface area (Å²) in [6, 6.07) is 25.4. The monoisotopic (exact) mass is 371 g/mol. The van der Waals surface area contributed by atoms with Crippen LogP contribution in [0.5, 0.6) is 0 Å². The fourth-order valence-electron chi connectivity index (χ4n) is 3.51. The molecule has 0 aromatic heterocycles. The molecule has 1 heterocycles. The number of anilines is 1. The molecule has 4 rings (SSSR count). The quantitative estimate of drug-likeness (QED) is 0.439. The van der Waals surface area contributed by atoms with E-state index in [2.05, 4.69) is 31.2 Å². The highest BCUT2D eigenvalue weighted by molar-refractivity contribution is 6.03. The van der Waals surface area contributed by atoms with Crippen molar-refractivity contribution in [3.05, 3.63) is 106 Å². The molecule has 5 nitrogen and oxygen atoms in total. The molecular weight excluding hydrogens is 350 g/mol. The van der Waals surface area contributed by atoms with E-state index in [4.69, 9.17) is 5.10 Å². The Labute approximate surface area is 164 Å². The maximum atomic E-state index is 11.0. The summed E-state index contributed by atoms with van der Waals surface area (Å²) in [4.78, 5) is 10.6. The first kappa shape index (κ1) is 17.9. The molecule has 28 heavy (non-hydrogen) atoms. The van der Waals surface area contributed by atoms with Crippen molar-refractivity contribution in [2.24, 2.45) is 5.10 Å². The van der Waals surface area contributed by atoms with Gasteiger partial charge in [-0.3, -0.25) is 15.1 Å². The lowest BCUT2D eigenvalue weighted by molar-refractivity contribution is -0.384. The highest BCUT2D eigenvalue weighted by atomic mass is 16.6. The second-order valence-corrected chi connectivity index (χ2v) is 6.85. The van der Waals surface area contributed by atoms with Gasteiger partial charge in [-0.15, -0.1) is 0 Å². The van der Waals surface area contributed by atoms with Crippen LogP contribution in [0, 0.1) is 10.1 Å². The van der Waals surface area contributed by atoms with Crippen LogP contribution in [0.25, 0.3) is 0 Å². The Balaban J connectivity index is 1.70. The number of nitro groups is 1. The molecule has 1 aliphatic heterocycles. The lowest BCUT2D eigenvalue weighted by atomic mass is 9.97. The van der Waals surface area contributed by atoms with Crippen molar-refractivity contribution in [2.75, 3.05) is 5.01 Å². The summed E-state index contributed by atoms with van der Waals surface area (Å²) in [5, 5.41) is 17.9. The zero-order chi connectivity index (χ0) is 19.5. The molecule has 0 fully saturated rings. The Morgan fingerprint density at radius 1 is 1.00 bits per heavy atom. The molecule has 0 saturated carbocycles. The predicted octanol–water partition coefficient (Wildman–Crippen LogP) is 5.51. The smallest absolute Gasteiger partial charge is 0.258 e. The third-order valence-corrected chi connectivity index (χ3v) is 5.12. The first-order valence-electron chi connectivity index (χ1n) is 9.41. The molecule has 0 saturated heterocycles. The molecule has 0 unspecified atom stereocenters. The summed E-state index contributed by atoms with van der Waals surface area (Å²) in [7, 11) is 0. The SMILES string of the molecule is CCc1ccc(C2=NN(c3ccccc3)[C@@H](c3ccc([N+](=O)[O-])cc3)C2)cc1. The van der Waals surface area contributed by atoms with Crippen LogP contribution in [-0.4, -0.2) is 10.6 Å². The minimum absolute atomic E-state index is 0.00376. The summed E-state index contributed by atoms with van der Waals surface area (Å²) >= 11 is 0. The Kier molecular flexibility index (Phi) is 4.89. The molecule has 1 aliphatic rings. The molecule has 0 spiro atoms. The molecule has 3 aromatic carbocycles. The van der Waals surface area contributed by atoms with Crippen molar-refractivity contribution in [3.63, 3.8) is 0 Å². The summed E-state index contributed by atoms with van der Waals surface area (Å²) in [5.41, 5.74) is 5.56. The maximum Gasteiger partial charge on any atom is 0.269 e. The topological polar surface area (TPSA) is 58.7 Å². The summed E-state index contributed by atoms with van der Waals surface area (Å²) in [5.74, 6) is 0. The first-order chi connectivity index (χ1) is 13.7. The van der Waals surface area contributed by atoms with Crippen LogP contribution in [0.3, 0.4) is 0 Å². The van der Waals surface area contributed by atoms with Gasteiger partial charge in [0.25, 0.3) is 5.69 Å². The van der Waals surface area contributed by atoms with Crippen molar-refractivity contribution >= 4 is 17.1 Å². The maximum absolute atomic E-state index is 11.0. The van der Waals surface area contributed by atoms with E-state index in [1.807, 2.05) is 47.5 Å². The van der Waals surface area contributed by atoms with E-state index in [0.29, 0.717) is 0 Å². The Morgan fingerprint density at radius 3 is 2.29 bits per heavy atom. The average Bonchev–Trinajstić information content (AvgIpc) is 3.20. The molecule has 0 aliphatic carbocycles. The van der Waals surface area contributed by atoms with Gasteiger partial charge in [-0.05, 0) is 35.2 Å². The normalized spacial score (nSPS) is 16.1. The van der Waals surface area contributed by atoms with Crippen LogP contribution in [0.1, 0.15) is 36.1 Å². The average molecular weight is 371 g/mol. The molecule has 3 aromatic rings. The highest BCUT2D eigenvalue weighted by Crippen LogP contribution is 2.37. The number of hydrogen-bond donors (Lipinski definition) is 0. The van der Waals surface area contributed by atoms with Crippen LogP contribution < -0.4 is 5.01 Å². The molecule has 5 heteroatoms. The van der Waals surface area contributed by atoms with Crippen LogP contribution in [0.15, 0.2) is 84.0 Å². The van der Waals surface area contributed by atoms with E-state index in [-0.39, 0.29) is 16.7 Å².